The lowest BCUT2D eigenvalue weighted by atomic mass is 10.2. The number of amides is 1. The Morgan fingerprint density at radius 1 is 1.57 bits per heavy atom. The summed E-state index contributed by atoms with van der Waals surface area (Å²) in [5.41, 5.74) is 6.90. The fourth-order valence-corrected chi connectivity index (χ4v) is 2.58. The Morgan fingerprint density at radius 2 is 2.38 bits per heavy atom. The third kappa shape index (κ3) is 4.88. The number of hydrogen-bond acceptors (Lipinski definition) is 4. The molecule has 6 heteroatoms. The number of carbonyl (C=O) groups excluding carboxylic acids is 1. The molecule has 0 aliphatic carbocycles. The number of rotatable bonds is 6. The number of benzene rings is 1. The van der Waals surface area contributed by atoms with Gasteiger partial charge < -0.3 is 20.7 Å². The number of hydrogen-bond donors (Lipinski definition) is 2. The second-order valence-corrected chi connectivity index (χ2v) is 5.82. The fraction of sp³-hybridized carbons (Fsp3) is 0.533. The van der Waals surface area contributed by atoms with Crippen LogP contribution < -0.4 is 11.1 Å². The number of ether oxygens (including phenoxy) is 1. The van der Waals surface area contributed by atoms with Crippen LogP contribution in [0.1, 0.15) is 19.3 Å². The van der Waals surface area contributed by atoms with Crippen molar-refractivity contribution in [3.8, 4) is 0 Å². The van der Waals surface area contributed by atoms with E-state index in [1.54, 1.807) is 18.2 Å². The normalized spacial score (nSPS) is 18.1. The highest BCUT2D eigenvalue weighted by molar-refractivity contribution is 6.31. The summed E-state index contributed by atoms with van der Waals surface area (Å²) in [6.45, 7) is 2.52. The maximum absolute atomic E-state index is 11.9. The lowest BCUT2D eigenvalue weighted by molar-refractivity contribution is -0.116. The average molecular weight is 312 g/mol. The molecule has 3 N–H and O–H groups in total. The number of anilines is 2. The van der Waals surface area contributed by atoms with Gasteiger partial charge in [0.05, 0.1) is 18.0 Å². The highest BCUT2D eigenvalue weighted by atomic mass is 35.5. The molecule has 1 amide bonds. The topological polar surface area (TPSA) is 67.6 Å². The molecule has 0 bridgehead atoms. The largest absolute Gasteiger partial charge is 0.397 e. The van der Waals surface area contributed by atoms with Gasteiger partial charge >= 0.3 is 0 Å². The summed E-state index contributed by atoms with van der Waals surface area (Å²) in [5, 5.41) is 3.38. The minimum atomic E-state index is -0.0277. The Labute approximate surface area is 130 Å². The summed E-state index contributed by atoms with van der Waals surface area (Å²) >= 11 is 5.83. The van der Waals surface area contributed by atoms with Gasteiger partial charge in [0.1, 0.15) is 0 Å². The van der Waals surface area contributed by atoms with Crippen molar-refractivity contribution in [2.24, 2.45) is 0 Å². The van der Waals surface area contributed by atoms with E-state index in [9.17, 15) is 4.79 Å². The van der Waals surface area contributed by atoms with Crippen LogP contribution >= 0.6 is 11.6 Å². The lowest BCUT2D eigenvalue weighted by Gasteiger charge is -2.22. The molecule has 1 fully saturated rings. The van der Waals surface area contributed by atoms with Gasteiger partial charge in [-0.05, 0) is 44.6 Å². The first-order valence-corrected chi connectivity index (χ1v) is 7.57. The summed E-state index contributed by atoms with van der Waals surface area (Å²) in [7, 11) is 2.08. The Morgan fingerprint density at radius 3 is 3.05 bits per heavy atom. The van der Waals surface area contributed by atoms with Crippen LogP contribution in [0.3, 0.4) is 0 Å². The van der Waals surface area contributed by atoms with Crippen LogP contribution in [0.4, 0.5) is 11.4 Å². The number of halogens is 1. The number of nitrogens with zero attached hydrogens (tertiary/aromatic N) is 1. The van der Waals surface area contributed by atoms with Crippen molar-refractivity contribution >= 4 is 28.9 Å². The van der Waals surface area contributed by atoms with Gasteiger partial charge in [-0.25, -0.2) is 0 Å². The van der Waals surface area contributed by atoms with Crippen LogP contribution in [0, 0.1) is 0 Å². The van der Waals surface area contributed by atoms with Crippen LogP contribution in [0.2, 0.25) is 5.02 Å². The average Bonchev–Trinajstić information content (AvgIpc) is 2.96. The molecule has 1 unspecified atom stereocenters. The molecule has 116 valence electrons. The van der Waals surface area contributed by atoms with Gasteiger partial charge in [-0.3, -0.25) is 4.79 Å². The summed E-state index contributed by atoms with van der Waals surface area (Å²) in [6, 6.07) is 5.55. The Kier molecular flexibility index (Phi) is 5.85. The molecule has 5 nitrogen and oxygen atoms in total. The van der Waals surface area contributed by atoms with Crippen molar-refractivity contribution in [2.45, 2.75) is 25.3 Å². The van der Waals surface area contributed by atoms with E-state index in [0.29, 0.717) is 28.9 Å². The van der Waals surface area contributed by atoms with Gasteiger partial charge in [0, 0.05) is 24.1 Å². The van der Waals surface area contributed by atoms with Gasteiger partial charge in [-0.1, -0.05) is 11.6 Å². The van der Waals surface area contributed by atoms with Gasteiger partial charge in [0.15, 0.2) is 0 Å². The van der Waals surface area contributed by atoms with E-state index in [4.69, 9.17) is 22.1 Å². The summed E-state index contributed by atoms with van der Waals surface area (Å²) in [4.78, 5) is 14.2. The predicted octanol–water partition coefficient (Wildman–Crippen LogP) is 2.36. The second kappa shape index (κ2) is 7.64. The monoisotopic (exact) mass is 311 g/mol. The summed E-state index contributed by atoms with van der Waals surface area (Å²) < 4.78 is 5.36. The van der Waals surface area contributed by atoms with Gasteiger partial charge in [-0.2, -0.15) is 0 Å². The molecular formula is C15H22ClN3O2. The second-order valence-electron chi connectivity index (χ2n) is 5.38. The molecule has 2 rings (SSSR count). The summed E-state index contributed by atoms with van der Waals surface area (Å²) in [5.74, 6) is -0.0277. The van der Waals surface area contributed by atoms with E-state index >= 15 is 0 Å². The van der Waals surface area contributed by atoms with Crippen LogP contribution in [-0.2, 0) is 9.53 Å². The van der Waals surface area contributed by atoms with Gasteiger partial charge in [0.25, 0.3) is 0 Å². The first-order chi connectivity index (χ1) is 10.1. The fourth-order valence-electron chi connectivity index (χ4n) is 2.40. The zero-order chi connectivity index (χ0) is 15.2. The molecule has 1 aliphatic rings. The van der Waals surface area contributed by atoms with E-state index in [-0.39, 0.29) is 5.91 Å². The van der Waals surface area contributed by atoms with Gasteiger partial charge in [-0.15, -0.1) is 0 Å². The molecule has 0 spiro atoms. The Balaban J connectivity index is 1.72. The van der Waals surface area contributed by atoms with Crippen LogP contribution in [0.25, 0.3) is 0 Å². The van der Waals surface area contributed by atoms with Crippen molar-refractivity contribution in [1.29, 1.82) is 0 Å². The molecule has 1 aromatic rings. The summed E-state index contributed by atoms with van der Waals surface area (Å²) in [6.07, 6.45) is 2.36. The predicted molar refractivity (Wildman–Crippen MR) is 85.6 cm³/mol. The van der Waals surface area contributed by atoms with E-state index < -0.39 is 0 Å². The van der Waals surface area contributed by atoms with Crippen LogP contribution in [0.5, 0.6) is 0 Å². The van der Waals surface area contributed by atoms with Crippen molar-refractivity contribution in [1.82, 2.24) is 4.90 Å². The molecule has 1 saturated heterocycles. The Bertz CT molecular complexity index is 490. The molecule has 0 saturated carbocycles. The maximum atomic E-state index is 11.9. The van der Waals surface area contributed by atoms with Crippen LogP contribution in [0.15, 0.2) is 18.2 Å². The SMILES string of the molecule is CN(CCCC(=O)Nc1ccc(Cl)cc1N)C1CCOC1. The quantitative estimate of drug-likeness (QED) is 0.791. The van der Waals surface area contributed by atoms with Crippen molar-refractivity contribution in [2.75, 3.05) is 37.9 Å². The van der Waals surface area contributed by atoms with Crippen molar-refractivity contribution in [3.63, 3.8) is 0 Å². The van der Waals surface area contributed by atoms with E-state index in [0.717, 1.165) is 32.6 Å². The molecular weight excluding hydrogens is 290 g/mol. The molecule has 1 heterocycles. The molecule has 1 atom stereocenters. The molecule has 0 radical (unpaired) electrons. The van der Waals surface area contributed by atoms with Crippen molar-refractivity contribution < 1.29 is 9.53 Å². The standard InChI is InChI=1S/C15H22ClN3O2/c1-19(12-6-8-21-10-12)7-2-3-15(20)18-14-5-4-11(16)9-13(14)17/h4-5,9,12H,2-3,6-8,10,17H2,1H3,(H,18,20). The number of nitrogens with one attached hydrogen (secondary N) is 1. The molecule has 1 aromatic carbocycles. The van der Waals surface area contributed by atoms with Gasteiger partial charge in [0.2, 0.25) is 5.91 Å². The lowest BCUT2D eigenvalue weighted by Crippen LogP contribution is -2.33. The van der Waals surface area contributed by atoms with E-state index in [1.165, 1.54) is 0 Å². The number of nitrogen functional groups attached to an aromatic ring is 1. The van der Waals surface area contributed by atoms with E-state index in [2.05, 4.69) is 17.3 Å². The minimum absolute atomic E-state index is 0.0277. The number of nitrogens with two attached hydrogens (primary N) is 1. The third-order valence-corrected chi connectivity index (χ3v) is 3.97. The molecule has 1 aliphatic heterocycles. The van der Waals surface area contributed by atoms with Crippen molar-refractivity contribution in [3.05, 3.63) is 23.2 Å². The van der Waals surface area contributed by atoms with E-state index in [1.807, 2.05) is 0 Å². The van der Waals surface area contributed by atoms with Crippen LogP contribution in [-0.4, -0.2) is 43.7 Å². The smallest absolute Gasteiger partial charge is 0.224 e. The highest BCUT2D eigenvalue weighted by Crippen LogP contribution is 2.22. The number of carbonyl (C=O) groups is 1. The Hall–Kier alpha value is -1.30. The first kappa shape index (κ1) is 16.1. The maximum Gasteiger partial charge on any atom is 0.224 e. The highest BCUT2D eigenvalue weighted by Gasteiger charge is 2.19. The third-order valence-electron chi connectivity index (χ3n) is 3.73. The zero-order valence-corrected chi connectivity index (χ0v) is 13.0. The zero-order valence-electron chi connectivity index (χ0n) is 12.3. The first-order valence-electron chi connectivity index (χ1n) is 7.19. The molecule has 21 heavy (non-hydrogen) atoms. The molecule has 0 aromatic heterocycles. The number of likely N-dealkylation sites (N-methyl/N-ethyl adjacent to an activating group) is 1. The minimum Gasteiger partial charge on any atom is -0.397 e.